The van der Waals surface area contributed by atoms with E-state index in [-0.39, 0.29) is 17.5 Å². The molecule has 0 spiro atoms. The molecule has 0 unspecified atom stereocenters. The summed E-state index contributed by atoms with van der Waals surface area (Å²) in [6, 6.07) is 12.5. The van der Waals surface area contributed by atoms with Crippen LogP contribution >= 0.6 is 0 Å². The fraction of sp³-hybridized carbons (Fsp3) is 0.278. The lowest BCUT2D eigenvalue weighted by Gasteiger charge is -2.09. The Hall–Kier alpha value is -2.41. The number of anilines is 1. The van der Waals surface area contributed by atoms with Gasteiger partial charge in [-0.3, -0.25) is 9.52 Å². The van der Waals surface area contributed by atoms with Crippen LogP contribution in [0, 0.1) is 5.82 Å². The van der Waals surface area contributed by atoms with Crippen LogP contribution in [0.1, 0.15) is 29.3 Å². The van der Waals surface area contributed by atoms with E-state index in [0.717, 1.165) is 5.56 Å². The molecule has 0 heterocycles. The van der Waals surface area contributed by atoms with Crippen LogP contribution in [0.15, 0.2) is 48.5 Å². The Morgan fingerprint density at radius 1 is 1.12 bits per heavy atom. The van der Waals surface area contributed by atoms with Gasteiger partial charge < -0.3 is 5.32 Å². The van der Waals surface area contributed by atoms with E-state index in [1.807, 2.05) is 0 Å². The van der Waals surface area contributed by atoms with Gasteiger partial charge in [-0.1, -0.05) is 25.1 Å². The second kappa shape index (κ2) is 8.62. The molecule has 0 atom stereocenters. The summed E-state index contributed by atoms with van der Waals surface area (Å²) in [5.74, 6) is -0.597. The Balaban J connectivity index is 1.94. The van der Waals surface area contributed by atoms with Gasteiger partial charge >= 0.3 is 0 Å². The molecule has 0 bridgehead atoms. The van der Waals surface area contributed by atoms with E-state index in [4.69, 9.17) is 0 Å². The molecule has 2 aromatic carbocycles. The zero-order valence-electron chi connectivity index (χ0n) is 14.0. The fourth-order valence-electron chi connectivity index (χ4n) is 2.34. The summed E-state index contributed by atoms with van der Waals surface area (Å²) in [5, 5.41) is 2.74. The van der Waals surface area contributed by atoms with Crippen molar-refractivity contribution >= 4 is 21.6 Å². The van der Waals surface area contributed by atoms with Crippen molar-refractivity contribution in [2.24, 2.45) is 0 Å². The standard InChI is InChI=1S/C18H21FN2O3S/c1-2-11-25(23,24)21-17-8-4-6-15(13-17)18(22)20-10-9-14-5-3-7-16(19)12-14/h3-8,12-13,21H,2,9-11H2,1H3,(H,20,22). The highest BCUT2D eigenvalue weighted by atomic mass is 32.2. The van der Waals surface area contributed by atoms with Crippen LogP contribution in [0.25, 0.3) is 0 Å². The molecule has 25 heavy (non-hydrogen) atoms. The molecule has 0 aliphatic rings. The molecule has 0 aromatic heterocycles. The minimum atomic E-state index is -3.40. The average molecular weight is 364 g/mol. The lowest BCUT2D eigenvalue weighted by molar-refractivity contribution is 0.0954. The highest BCUT2D eigenvalue weighted by Gasteiger charge is 2.11. The maximum absolute atomic E-state index is 13.1. The molecule has 0 radical (unpaired) electrons. The normalized spacial score (nSPS) is 11.1. The number of nitrogens with one attached hydrogen (secondary N) is 2. The maximum Gasteiger partial charge on any atom is 0.251 e. The first kappa shape index (κ1) is 18.9. The number of rotatable bonds is 8. The van der Waals surface area contributed by atoms with Crippen LogP contribution in [0.4, 0.5) is 10.1 Å². The number of hydrogen-bond donors (Lipinski definition) is 2. The van der Waals surface area contributed by atoms with E-state index < -0.39 is 10.0 Å². The molecular formula is C18H21FN2O3S. The third kappa shape index (κ3) is 6.19. The molecule has 0 saturated heterocycles. The molecule has 1 amide bonds. The summed E-state index contributed by atoms with van der Waals surface area (Å²) in [7, 11) is -3.40. The zero-order chi connectivity index (χ0) is 18.3. The number of carbonyl (C=O) groups is 1. The maximum atomic E-state index is 13.1. The van der Waals surface area contributed by atoms with Gasteiger partial charge in [-0.2, -0.15) is 0 Å². The molecule has 0 saturated carbocycles. The molecule has 2 aromatic rings. The number of halogens is 1. The third-order valence-electron chi connectivity index (χ3n) is 3.46. The molecule has 2 rings (SSSR count). The van der Waals surface area contributed by atoms with Crippen LogP contribution in [-0.4, -0.2) is 26.6 Å². The SMILES string of the molecule is CCCS(=O)(=O)Nc1cccc(C(=O)NCCc2cccc(F)c2)c1. The highest BCUT2D eigenvalue weighted by Crippen LogP contribution is 2.13. The molecule has 0 aliphatic carbocycles. The fourth-order valence-corrected chi connectivity index (χ4v) is 3.46. The van der Waals surface area contributed by atoms with E-state index in [1.54, 1.807) is 37.3 Å². The van der Waals surface area contributed by atoms with Gasteiger partial charge in [-0.05, 0) is 48.7 Å². The second-order valence-corrected chi connectivity index (χ2v) is 7.48. The van der Waals surface area contributed by atoms with Crippen molar-refractivity contribution in [2.75, 3.05) is 17.0 Å². The summed E-state index contributed by atoms with van der Waals surface area (Å²) >= 11 is 0. The number of benzene rings is 2. The molecule has 134 valence electrons. The largest absolute Gasteiger partial charge is 0.352 e. The summed E-state index contributed by atoms with van der Waals surface area (Å²) in [6.07, 6.45) is 1.02. The zero-order valence-corrected chi connectivity index (χ0v) is 14.8. The first-order valence-electron chi connectivity index (χ1n) is 8.03. The Bertz CT molecular complexity index is 838. The van der Waals surface area contributed by atoms with Gasteiger partial charge in [0.1, 0.15) is 5.82 Å². The van der Waals surface area contributed by atoms with E-state index in [2.05, 4.69) is 10.0 Å². The summed E-state index contributed by atoms with van der Waals surface area (Å²) in [4.78, 5) is 12.2. The van der Waals surface area contributed by atoms with Gasteiger partial charge in [0, 0.05) is 17.8 Å². The number of carbonyl (C=O) groups excluding carboxylic acids is 1. The number of amides is 1. The Kier molecular flexibility index (Phi) is 6.52. The van der Waals surface area contributed by atoms with Gasteiger partial charge in [0.15, 0.2) is 0 Å². The predicted octanol–water partition coefficient (Wildman–Crippen LogP) is 2.95. The first-order valence-corrected chi connectivity index (χ1v) is 9.68. The lowest BCUT2D eigenvalue weighted by Crippen LogP contribution is -2.26. The van der Waals surface area contributed by atoms with E-state index in [0.29, 0.717) is 30.6 Å². The predicted molar refractivity (Wildman–Crippen MR) is 96.6 cm³/mol. The van der Waals surface area contributed by atoms with Crippen molar-refractivity contribution in [3.8, 4) is 0 Å². The van der Waals surface area contributed by atoms with E-state index >= 15 is 0 Å². The molecule has 7 heteroatoms. The van der Waals surface area contributed by atoms with Crippen LogP contribution in [0.3, 0.4) is 0 Å². The van der Waals surface area contributed by atoms with Crippen molar-refractivity contribution in [3.63, 3.8) is 0 Å². The van der Waals surface area contributed by atoms with E-state index in [1.165, 1.54) is 18.2 Å². The van der Waals surface area contributed by atoms with Crippen molar-refractivity contribution in [2.45, 2.75) is 19.8 Å². The summed E-state index contributed by atoms with van der Waals surface area (Å²) < 4.78 is 39.2. The minimum Gasteiger partial charge on any atom is -0.352 e. The minimum absolute atomic E-state index is 0.0249. The van der Waals surface area contributed by atoms with Crippen molar-refractivity contribution in [1.29, 1.82) is 0 Å². The van der Waals surface area contributed by atoms with Crippen molar-refractivity contribution in [1.82, 2.24) is 5.32 Å². The number of hydrogen-bond acceptors (Lipinski definition) is 3. The molecule has 5 nitrogen and oxygen atoms in total. The van der Waals surface area contributed by atoms with Crippen LogP contribution in [0.5, 0.6) is 0 Å². The Labute approximate surface area is 147 Å². The highest BCUT2D eigenvalue weighted by molar-refractivity contribution is 7.92. The van der Waals surface area contributed by atoms with E-state index in [9.17, 15) is 17.6 Å². The van der Waals surface area contributed by atoms with Crippen molar-refractivity contribution < 1.29 is 17.6 Å². The second-order valence-electron chi connectivity index (χ2n) is 5.64. The van der Waals surface area contributed by atoms with Crippen LogP contribution in [0.2, 0.25) is 0 Å². The quantitative estimate of drug-likeness (QED) is 0.756. The Morgan fingerprint density at radius 2 is 1.88 bits per heavy atom. The van der Waals surface area contributed by atoms with Gasteiger partial charge in [-0.15, -0.1) is 0 Å². The molecular weight excluding hydrogens is 343 g/mol. The van der Waals surface area contributed by atoms with Gasteiger partial charge in [0.05, 0.1) is 5.75 Å². The van der Waals surface area contributed by atoms with Gasteiger partial charge in [-0.25, -0.2) is 12.8 Å². The summed E-state index contributed by atoms with van der Waals surface area (Å²) in [6.45, 7) is 2.13. The molecule has 0 fully saturated rings. The Morgan fingerprint density at radius 3 is 2.60 bits per heavy atom. The van der Waals surface area contributed by atoms with Crippen LogP contribution < -0.4 is 10.0 Å². The molecule has 0 aliphatic heterocycles. The monoisotopic (exact) mass is 364 g/mol. The van der Waals surface area contributed by atoms with Gasteiger partial charge in [0.25, 0.3) is 5.91 Å². The molecule has 2 N–H and O–H groups in total. The number of sulfonamides is 1. The summed E-state index contributed by atoms with van der Waals surface area (Å²) in [5.41, 5.74) is 1.50. The van der Waals surface area contributed by atoms with Crippen molar-refractivity contribution in [3.05, 3.63) is 65.5 Å². The van der Waals surface area contributed by atoms with Crippen LogP contribution in [-0.2, 0) is 16.4 Å². The lowest BCUT2D eigenvalue weighted by atomic mass is 10.1. The third-order valence-corrected chi connectivity index (χ3v) is 4.95. The topological polar surface area (TPSA) is 75.3 Å². The average Bonchev–Trinajstić information content (AvgIpc) is 2.54. The smallest absolute Gasteiger partial charge is 0.251 e. The van der Waals surface area contributed by atoms with Gasteiger partial charge in [0.2, 0.25) is 10.0 Å². The first-order chi connectivity index (χ1) is 11.9.